The van der Waals surface area contributed by atoms with Crippen molar-refractivity contribution in [1.82, 2.24) is 15.1 Å². The summed E-state index contributed by atoms with van der Waals surface area (Å²) in [6.45, 7) is 1.84. The van der Waals surface area contributed by atoms with Crippen molar-refractivity contribution in [2.75, 3.05) is 14.2 Å². The highest BCUT2D eigenvalue weighted by Crippen LogP contribution is 2.20. The van der Waals surface area contributed by atoms with Crippen LogP contribution < -0.4 is 4.74 Å². The highest BCUT2D eigenvalue weighted by atomic mass is 16.5. The second-order valence-corrected chi connectivity index (χ2v) is 3.42. The van der Waals surface area contributed by atoms with E-state index in [1.54, 1.807) is 26.5 Å². The predicted octanol–water partition coefficient (Wildman–Crippen LogP) is 1.85. The van der Waals surface area contributed by atoms with Gasteiger partial charge in [0.2, 0.25) is 11.7 Å². The minimum absolute atomic E-state index is 0.220. The maximum absolute atomic E-state index is 5.09. The van der Waals surface area contributed by atoms with Crippen molar-refractivity contribution < 1.29 is 14.0 Å². The van der Waals surface area contributed by atoms with Crippen molar-refractivity contribution in [3.63, 3.8) is 0 Å². The fraction of sp³-hybridized carbons (Fsp3) is 0.364. The van der Waals surface area contributed by atoms with E-state index in [0.717, 1.165) is 5.56 Å². The van der Waals surface area contributed by atoms with Gasteiger partial charge in [-0.3, -0.25) is 0 Å². The van der Waals surface area contributed by atoms with E-state index in [4.69, 9.17) is 14.0 Å². The summed E-state index contributed by atoms with van der Waals surface area (Å²) in [6.07, 6.45) is 1.41. The van der Waals surface area contributed by atoms with Crippen molar-refractivity contribution in [3.05, 3.63) is 24.2 Å². The molecule has 17 heavy (non-hydrogen) atoms. The van der Waals surface area contributed by atoms with E-state index in [9.17, 15) is 0 Å². The molecule has 2 aromatic rings. The number of hydrogen-bond acceptors (Lipinski definition) is 6. The first-order valence-corrected chi connectivity index (χ1v) is 5.11. The van der Waals surface area contributed by atoms with Gasteiger partial charge in [0.05, 0.1) is 7.11 Å². The Morgan fingerprint density at radius 3 is 2.71 bits per heavy atom. The van der Waals surface area contributed by atoms with Crippen LogP contribution in [-0.4, -0.2) is 29.3 Å². The van der Waals surface area contributed by atoms with E-state index in [1.807, 2.05) is 13.0 Å². The van der Waals surface area contributed by atoms with Crippen molar-refractivity contribution in [2.45, 2.75) is 13.0 Å². The van der Waals surface area contributed by atoms with Crippen LogP contribution in [0.1, 0.15) is 18.9 Å². The third-order valence-electron chi connectivity index (χ3n) is 2.35. The molecular weight excluding hydrogens is 222 g/mol. The maximum Gasteiger partial charge on any atom is 0.255 e. The molecule has 1 atom stereocenters. The summed E-state index contributed by atoms with van der Waals surface area (Å²) >= 11 is 0. The Bertz CT molecular complexity index is 481. The number of methoxy groups -OCH3 is 2. The molecule has 0 saturated heterocycles. The number of ether oxygens (including phenoxy) is 2. The maximum atomic E-state index is 5.09. The second-order valence-electron chi connectivity index (χ2n) is 3.42. The second kappa shape index (κ2) is 4.92. The summed E-state index contributed by atoms with van der Waals surface area (Å²) in [5, 5.41) is 3.86. The van der Waals surface area contributed by atoms with Crippen molar-refractivity contribution in [3.8, 4) is 17.3 Å². The van der Waals surface area contributed by atoms with Crippen molar-refractivity contribution in [1.29, 1.82) is 0 Å². The summed E-state index contributed by atoms with van der Waals surface area (Å²) < 4.78 is 15.1. The molecule has 0 aliphatic rings. The lowest BCUT2D eigenvalue weighted by molar-refractivity contribution is 0.0886. The molecule has 0 aromatic carbocycles. The number of pyridine rings is 1. The van der Waals surface area contributed by atoms with Crippen molar-refractivity contribution >= 4 is 0 Å². The molecule has 0 aliphatic heterocycles. The summed E-state index contributed by atoms with van der Waals surface area (Å²) in [7, 11) is 3.15. The van der Waals surface area contributed by atoms with E-state index >= 15 is 0 Å². The Morgan fingerprint density at radius 1 is 1.29 bits per heavy atom. The van der Waals surface area contributed by atoms with Gasteiger partial charge in [0, 0.05) is 24.9 Å². The van der Waals surface area contributed by atoms with Gasteiger partial charge in [-0.2, -0.15) is 4.98 Å². The van der Waals surface area contributed by atoms with Gasteiger partial charge in [0.25, 0.3) is 5.89 Å². The lowest BCUT2D eigenvalue weighted by Gasteiger charge is -2.00. The average Bonchev–Trinajstić information content (AvgIpc) is 2.87. The van der Waals surface area contributed by atoms with E-state index in [2.05, 4.69) is 15.1 Å². The summed E-state index contributed by atoms with van der Waals surface area (Å²) in [5.74, 6) is 1.47. The predicted molar refractivity (Wildman–Crippen MR) is 59.5 cm³/mol. The Morgan fingerprint density at radius 2 is 2.12 bits per heavy atom. The van der Waals surface area contributed by atoms with Gasteiger partial charge >= 0.3 is 0 Å². The largest absolute Gasteiger partial charge is 0.481 e. The van der Waals surface area contributed by atoms with E-state index in [0.29, 0.717) is 17.6 Å². The molecule has 0 radical (unpaired) electrons. The summed E-state index contributed by atoms with van der Waals surface area (Å²) in [6, 6.07) is 3.56. The van der Waals surface area contributed by atoms with Gasteiger partial charge < -0.3 is 14.0 Å². The molecule has 0 spiro atoms. The summed E-state index contributed by atoms with van der Waals surface area (Å²) in [5.41, 5.74) is 0.768. The fourth-order valence-corrected chi connectivity index (χ4v) is 1.25. The number of nitrogens with zero attached hydrogens (tertiary/aromatic N) is 3. The third kappa shape index (κ3) is 2.42. The lowest BCUT2D eigenvalue weighted by Crippen LogP contribution is -1.95. The molecule has 0 N–H and O–H groups in total. The molecule has 90 valence electrons. The Kier molecular flexibility index (Phi) is 3.34. The number of hydrogen-bond donors (Lipinski definition) is 0. The van der Waals surface area contributed by atoms with Crippen molar-refractivity contribution in [2.24, 2.45) is 0 Å². The van der Waals surface area contributed by atoms with E-state index < -0.39 is 0 Å². The first-order chi connectivity index (χ1) is 8.24. The van der Waals surface area contributed by atoms with Gasteiger partial charge in [-0.05, 0) is 13.0 Å². The lowest BCUT2D eigenvalue weighted by atomic mass is 10.3. The molecule has 6 nitrogen and oxygen atoms in total. The molecular formula is C11H13N3O3. The average molecular weight is 235 g/mol. The standard InChI is InChI=1S/C11H13N3O3/c1-7(15-2)11-13-10(14-17-11)8-4-5-9(16-3)12-6-8/h4-7H,1-3H3/t7-/m0/s1. The third-order valence-corrected chi connectivity index (χ3v) is 2.35. The first kappa shape index (κ1) is 11.5. The molecule has 2 rings (SSSR count). The minimum Gasteiger partial charge on any atom is -0.481 e. The number of rotatable bonds is 4. The van der Waals surface area contributed by atoms with Crippen LogP contribution in [-0.2, 0) is 4.74 Å². The Balaban J connectivity index is 2.24. The zero-order chi connectivity index (χ0) is 12.3. The van der Waals surface area contributed by atoms with Crippen LogP contribution in [0.15, 0.2) is 22.9 Å². The normalized spacial score (nSPS) is 12.4. The molecule has 2 heterocycles. The Labute approximate surface area is 98.6 Å². The smallest absolute Gasteiger partial charge is 0.255 e. The molecule has 2 aromatic heterocycles. The SMILES string of the molecule is COc1ccc(-c2noc([C@H](C)OC)n2)cn1. The molecule has 0 fully saturated rings. The highest BCUT2D eigenvalue weighted by molar-refractivity contribution is 5.53. The molecule has 0 bridgehead atoms. The van der Waals surface area contributed by atoms with Gasteiger partial charge in [-0.15, -0.1) is 0 Å². The monoisotopic (exact) mass is 235 g/mol. The number of aromatic nitrogens is 3. The van der Waals surface area contributed by atoms with Gasteiger partial charge in [-0.25, -0.2) is 4.98 Å². The van der Waals surface area contributed by atoms with Crippen LogP contribution in [0.5, 0.6) is 5.88 Å². The van der Waals surface area contributed by atoms with Crippen LogP contribution in [0.3, 0.4) is 0 Å². The van der Waals surface area contributed by atoms with Crippen LogP contribution in [0, 0.1) is 0 Å². The quantitative estimate of drug-likeness (QED) is 0.805. The highest BCUT2D eigenvalue weighted by Gasteiger charge is 2.14. The topological polar surface area (TPSA) is 70.3 Å². The van der Waals surface area contributed by atoms with Crippen LogP contribution >= 0.6 is 0 Å². The molecule has 0 amide bonds. The van der Waals surface area contributed by atoms with Crippen LogP contribution in [0.25, 0.3) is 11.4 Å². The van der Waals surface area contributed by atoms with Gasteiger partial charge in [0.1, 0.15) is 6.10 Å². The molecule has 0 saturated carbocycles. The zero-order valence-corrected chi connectivity index (χ0v) is 9.88. The zero-order valence-electron chi connectivity index (χ0n) is 9.88. The minimum atomic E-state index is -0.220. The fourth-order valence-electron chi connectivity index (χ4n) is 1.25. The van der Waals surface area contributed by atoms with Gasteiger partial charge in [0.15, 0.2) is 0 Å². The van der Waals surface area contributed by atoms with Crippen LogP contribution in [0.2, 0.25) is 0 Å². The first-order valence-electron chi connectivity index (χ1n) is 5.11. The van der Waals surface area contributed by atoms with Gasteiger partial charge in [-0.1, -0.05) is 5.16 Å². The van der Waals surface area contributed by atoms with E-state index in [1.165, 1.54) is 0 Å². The summed E-state index contributed by atoms with van der Waals surface area (Å²) in [4.78, 5) is 8.30. The Hall–Kier alpha value is -1.95. The van der Waals surface area contributed by atoms with E-state index in [-0.39, 0.29) is 6.10 Å². The molecule has 0 aliphatic carbocycles. The molecule has 6 heteroatoms. The van der Waals surface area contributed by atoms with Crippen LogP contribution in [0.4, 0.5) is 0 Å². The molecule has 0 unspecified atom stereocenters.